The van der Waals surface area contributed by atoms with Crippen molar-refractivity contribution in [3.05, 3.63) is 11.3 Å². The number of H-pyrrole nitrogens is 1. The lowest BCUT2D eigenvalue weighted by Gasteiger charge is -2.38. The van der Waals surface area contributed by atoms with E-state index in [-0.39, 0.29) is 10.6 Å². The summed E-state index contributed by atoms with van der Waals surface area (Å²) in [6, 6.07) is 0. The lowest BCUT2D eigenvalue weighted by atomic mass is 9.80. The summed E-state index contributed by atoms with van der Waals surface area (Å²) in [5.41, 5.74) is 1.22. The minimum Gasteiger partial charge on any atom is -0.313 e. The van der Waals surface area contributed by atoms with Crippen LogP contribution in [0.15, 0.2) is 5.03 Å². The Labute approximate surface area is 120 Å². The molecule has 0 atom stereocenters. The van der Waals surface area contributed by atoms with Gasteiger partial charge in [0.25, 0.3) is 10.0 Å². The summed E-state index contributed by atoms with van der Waals surface area (Å²) >= 11 is 0. The van der Waals surface area contributed by atoms with Crippen LogP contribution in [0.25, 0.3) is 0 Å². The zero-order valence-electron chi connectivity index (χ0n) is 12.4. The second-order valence-corrected chi connectivity index (χ2v) is 7.43. The molecule has 20 heavy (non-hydrogen) atoms. The van der Waals surface area contributed by atoms with Gasteiger partial charge in [0.15, 0.2) is 5.03 Å². The van der Waals surface area contributed by atoms with Gasteiger partial charge in [-0.2, -0.15) is 5.10 Å². The lowest BCUT2D eigenvalue weighted by Crippen LogP contribution is -2.51. The SMILES string of the molecule is CCCNCc1c(S(=O)(=O)NC2(C)CCC2)n[nH]c1C. The summed E-state index contributed by atoms with van der Waals surface area (Å²) in [7, 11) is -3.56. The van der Waals surface area contributed by atoms with Crippen LogP contribution in [0.3, 0.4) is 0 Å². The summed E-state index contributed by atoms with van der Waals surface area (Å²) in [6.45, 7) is 7.24. The Balaban J connectivity index is 2.18. The van der Waals surface area contributed by atoms with Gasteiger partial charge < -0.3 is 5.32 Å². The Bertz CT molecular complexity index is 561. The molecule has 3 N–H and O–H groups in total. The second kappa shape index (κ2) is 5.83. The second-order valence-electron chi connectivity index (χ2n) is 5.83. The van der Waals surface area contributed by atoms with Crippen LogP contribution in [0.5, 0.6) is 0 Å². The van der Waals surface area contributed by atoms with Crippen molar-refractivity contribution in [2.45, 2.75) is 63.6 Å². The minimum atomic E-state index is -3.56. The lowest BCUT2D eigenvalue weighted by molar-refractivity contribution is 0.247. The zero-order chi connectivity index (χ0) is 14.8. The van der Waals surface area contributed by atoms with E-state index in [0.29, 0.717) is 6.54 Å². The van der Waals surface area contributed by atoms with Gasteiger partial charge in [0.2, 0.25) is 0 Å². The van der Waals surface area contributed by atoms with Crippen molar-refractivity contribution in [3.63, 3.8) is 0 Å². The van der Waals surface area contributed by atoms with E-state index in [1.165, 1.54) is 0 Å². The number of aromatic nitrogens is 2. The van der Waals surface area contributed by atoms with Gasteiger partial charge in [0.1, 0.15) is 0 Å². The Kier molecular flexibility index (Phi) is 4.51. The monoisotopic (exact) mass is 300 g/mol. The molecule has 0 aliphatic heterocycles. The first kappa shape index (κ1) is 15.5. The highest BCUT2D eigenvalue weighted by Crippen LogP contribution is 2.32. The van der Waals surface area contributed by atoms with E-state index in [2.05, 4.69) is 27.2 Å². The normalized spacial score (nSPS) is 17.9. The maximum Gasteiger partial charge on any atom is 0.260 e. The van der Waals surface area contributed by atoms with Crippen LogP contribution in [-0.4, -0.2) is 30.7 Å². The molecular formula is C13H24N4O2S. The van der Waals surface area contributed by atoms with Crippen molar-refractivity contribution in [2.75, 3.05) is 6.54 Å². The van der Waals surface area contributed by atoms with Gasteiger partial charge in [-0.3, -0.25) is 5.10 Å². The van der Waals surface area contributed by atoms with Gasteiger partial charge in [-0.15, -0.1) is 0 Å². The molecule has 1 aliphatic carbocycles. The highest BCUT2D eigenvalue weighted by molar-refractivity contribution is 7.89. The molecule has 1 aromatic rings. The van der Waals surface area contributed by atoms with Gasteiger partial charge in [-0.25, -0.2) is 13.1 Å². The number of aryl methyl sites for hydroxylation is 1. The molecule has 7 heteroatoms. The summed E-state index contributed by atoms with van der Waals surface area (Å²) in [4.78, 5) is 0. The van der Waals surface area contributed by atoms with E-state index in [9.17, 15) is 8.42 Å². The molecule has 0 unspecified atom stereocenters. The van der Waals surface area contributed by atoms with Gasteiger partial charge in [0, 0.05) is 23.3 Å². The first-order valence-corrected chi connectivity index (χ1v) is 8.65. The standard InChI is InChI=1S/C13H24N4O2S/c1-4-8-14-9-11-10(2)15-16-12(11)20(18,19)17-13(3)6-5-7-13/h14,17H,4-9H2,1-3H3,(H,15,16). The van der Waals surface area contributed by atoms with Gasteiger partial charge >= 0.3 is 0 Å². The molecule has 2 rings (SSSR count). The Morgan fingerprint density at radius 2 is 2.10 bits per heavy atom. The molecule has 0 aromatic carbocycles. The summed E-state index contributed by atoms with van der Waals surface area (Å²) in [6.07, 6.45) is 3.86. The highest BCUT2D eigenvalue weighted by atomic mass is 32.2. The number of sulfonamides is 1. The summed E-state index contributed by atoms with van der Waals surface area (Å²) in [5, 5.41) is 10.1. The van der Waals surface area contributed by atoms with Gasteiger partial charge in [0.05, 0.1) is 0 Å². The van der Waals surface area contributed by atoms with Crippen molar-refractivity contribution in [3.8, 4) is 0 Å². The summed E-state index contributed by atoms with van der Waals surface area (Å²) < 4.78 is 27.8. The van der Waals surface area contributed by atoms with Gasteiger partial charge in [-0.05, 0) is 46.1 Å². The Morgan fingerprint density at radius 3 is 2.65 bits per heavy atom. The number of aromatic amines is 1. The van der Waals surface area contributed by atoms with Crippen LogP contribution in [-0.2, 0) is 16.6 Å². The maximum absolute atomic E-state index is 12.5. The van der Waals surface area contributed by atoms with Crippen molar-refractivity contribution in [2.24, 2.45) is 0 Å². The molecular weight excluding hydrogens is 276 g/mol. The van der Waals surface area contributed by atoms with E-state index in [4.69, 9.17) is 0 Å². The van der Waals surface area contributed by atoms with Crippen molar-refractivity contribution < 1.29 is 8.42 Å². The van der Waals surface area contributed by atoms with Gasteiger partial charge in [-0.1, -0.05) is 6.92 Å². The Morgan fingerprint density at radius 1 is 1.40 bits per heavy atom. The fourth-order valence-corrected chi connectivity index (χ4v) is 4.10. The fraction of sp³-hybridized carbons (Fsp3) is 0.769. The minimum absolute atomic E-state index is 0.131. The van der Waals surface area contributed by atoms with E-state index in [1.807, 2.05) is 13.8 Å². The largest absolute Gasteiger partial charge is 0.313 e. The molecule has 114 valence electrons. The predicted octanol–water partition coefficient (Wildman–Crippen LogP) is 1.44. The molecule has 1 aliphatic rings. The zero-order valence-corrected chi connectivity index (χ0v) is 13.2. The average molecular weight is 300 g/mol. The third kappa shape index (κ3) is 3.21. The van der Waals surface area contributed by atoms with Crippen LogP contribution in [0.1, 0.15) is 50.8 Å². The predicted molar refractivity (Wildman–Crippen MR) is 77.9 cm³/mol. The quantitative estimate of drug-likeness (QED) is 0.665. The van der Waals surface area contributed by atoms with E-state index in [0.717, 1.165) is 43.5 Å². The number of rotatable bonds is 7. The smallest absolute Gasteiger partial charge is 0.260 e. The molecule has 6 nitrogen and oxygen atoms in total. The number of hydrogen-bond acceptors (Lipinski definition) is 4. The topological polar surface area (TPSA) is 86.9 Å². The van der Waals surface area contributed by atoms with Crippen LogP contribution in [0.4, 0.5) is 0 Å². The highest BCUT2D eigenvalue weighted by Gasteiger charge is 2.37. The average Bonchev–Trinajstić information content (AvgIpc) is 2.70. The molecule has 1 aromatic heterocycles. The van der Waals surface area contributed by atoms with Crippen molar-refractivity contribution in [1.82, 2.24) is 20.2 Å². The van der Waals surface area contributed by atoms with Crippen LogP contribution < -0.4 is 10.0 Å². The third-order valence-electron chi connectivity index (χ3n) is 3.86. The first-order valence-electron chi connectivity index (χ1n) is 7.16. The van der Waals surface area contributed by atoms with E-state index in [1.54, 1.807) is 0 Å². The van der Waals surface area contributed by atoms with Crippen LogP contribution >= 0.6 is 0 Å². The van der Waals surface area contributed by atoms with E-state index < -0.39 is 10.0 Å². The summed E-state index contributed by atoms with van der Waals surface area (Å²) in [5.74, 6) is 0. The first-order chi connectivity index (χ1) is 9.38. The van der Waals surface area contributed by atoms with Crippen LogP contribution in [0, 0.1) is 6.92 Å². The number of nitrogens with zero attached hydrogens (tertiary/aromatic N) is 1. The van der Waals surface area contributed by atoms with Crippen molar-refractivity contribution >= 4 is 10.0 Å². The molecule has 1 fully saturated rings. The molecule has 0 amide bonds. The number of hydrogen-bond donors (Lipinski definition) is 3. The molecule has 0 spiro atoms. The molecule has 0 radical (unpaired) electrons. The van der Waals surface area contributed by atoms with E-state index >= 15 is 0 Å². The third-order valence-corrected chi connectivity index (χ3v) is 5.47. The maximum atomic E-state index is 12.5. The molecule has 0 saturated heterocycles. The molecule has 1 heterocycles. The fourth-order valence-electron chi connectivity index (χ4n) is 2.43. The van der Waals surface area contributed by atoms with Crippen LogP contribution in [0.2, 0.25) is 0 Å². The Hall–Kier alpha value is -0.920. The van der Waals surface area contributed by atoms with Crippen molar-refractivity contribution in [1.29, 1.82) is 0 Å². The number of nitrogens with one attached hydrogen (secondary N) is 3. The molecule has 0 bridgehead atoms. The molecule has 1 saturated carbocycles.